The van der Waals surface area contributed by atoms with Crippen LogP contribution in [-0.4, -0.2) is 19.6 Å². The van der Waals surface area contributed by atoms with Crippen molar-refractivity contribution >= 4 is 26.5 Å². The third-order valence-electron chi connectivity index (χ3n) is 3.37. The van der Waals surface area contributed by atoms with Crippen LogP contribution >= 0.6 is 0 Å². The SMILES string of the molecule is CS(=O)(=O)c1cccc(Oc2ccc3ccc(=O)oc3c2)c1[N+](=O)[O-]. The van der Waals surface area contributed by atoms with E-state index in [9.17, 15) is 23.3 Å². The molecule has 0 atom stereocenters. The van der Waals surface area contributed by atoms with Gasteiger partial charge in [0, 0.05) is 23.8 Å². The number of ether oxygens (including phenoxy) is 1. The van der Waals surface area contributed by atoms with Gasteiger partial charge in [0.15, 0.2) is 9.84 Å². The second-order valence-corrected chi connectivity index (χ2v) is 7.17. The lowest BCUT2D eigenvalue weighted by Crippen LogP contribution is -2.04. The molecule has 0 unspecified atom stereocenters. The summed E-state index contributed by atoms with van der Waals surface area (Å²) in [6, 6.07) is 11.1. The van der Waals surface area contributed by atoms with Crippen LogP contribution in [-0.2, 0) is 9.84 Å². The summed E-state index contributed by atoms with van der Waals surface area (Å²) in [7, 11) is -3.82. The molecular formula is C16H11NO7S. The van der Waals surface area contributed by atoms with Crippen LogP contribution in [0.3, 0.4) is 0 Å². The molecule has 0 spiro atoms. The van der Waals surface area contributed by atoms with E-state index in [1.54, 1.807) is 12.1 Å². The number of nitro groups is 1. The number of hydrogen-bond acceptors (Lipinski definition) is 7. The first-order valence-corrected chi connectivity index (χ1v) is 8.84. The average Bonchev–Trinajstić information content (AvgIpc) is 2.53. The third kappa shape index (κ3) is 3.36. The van der Waals surface area contributed by atoms with Crippen LogP contribution in [0.4, 0.5) is 5.69 Å². The number of hydrogen-bond donors (Lipinski definition) is 0. The van der Waals surface area contributed by atoms with Crippen molar-refractivity contribution in [3.8, 4) is 11.5 Å². The summed E-state index contributed by atoms with van der Waals surface area (Å²) >= 11 is 0. The molecule has 1 heterocycles. The number of benzene rings is 2. The van der Waals surface area contributed by atoms with Crippen molar-refractivity contribution < 1.29 is 22.5 Å². The summed E-state index contributed by atoms with van der Waals surface area (Å²) in [6.45, 7) is 0. The second kappa shape index (κ2) is 6.02. The Hall–Kier alpha value is -3.20. The molecular weight excluding hydrogens is 350 g/mol. The van der Waals surface area contributed by atoms with Crippen molar-refractivity contribution in [1.82, 2.24) is 0 Å². The molecule has 0 bridgehead atoms. The summed E-state index contributed by atoms with van der Waals surface area (Å²) in [6.07, 6.45) is 0.879. The number of nitro benzene ring substituents is 1. The maximum absolute atomic E-state index is 11.8. The minimum Gasteiger partial charge on any atom is -0.450 e. The normalized spacial score (nSPS) is 11.4. The van der Waals surface area contributed by atoms with Crippen LogP contribution in [0.5, 0.6) is 11.5 Å². The fraction of sp³-hybridized carbons (Fsp3) is 0.0625. The number of para-hydroxylation sites is 1. The van der Waals surface area contributed by atoms with Gasteiger partial charge in [-0.2, -0.15) is 0 Å². The monoisotopic (exact) mass is 361 g/mol. The molecule has 0 amide bonds. The van der Waals surface area contributed by atoms with Gasteiger partial charge in [-0.3, -0.25) is 10.1 Å². The molecule has 3 rings (SSSR count). The van der Waals surface area contributed by atoms with Gasteiger partial charge in [-0.15, -0.1) is 0 Å². The fourth-order valence-electron chi connectivity index (χ4n) is 2.30. The van der Waals surface area contributed by atoms with E-state index >= 15 is 0 Å². The van der Waals surface area contributed by atoms with Gasteiger partial charge >= 0.3 is 11.3 Å². The van der Waals surface area contributed by atoms with Crippen LogP contribution < -0.4 is 10.4 Å². The lowest BCUT2D eigenvalue weighted by atomic mass is 10.2. The van der Waals surface area contributed by atoms with E-state index in [1.165, 1.54) is 30.3 Å². The van der Waals surface area contributed by atoms with Crippen molar-refractivity contribution in [2.24, 2.45) is 0 Å². The van der Waals surface area contributed by atoms with E-state index in [4.69, 9.17) is 9.15 Å². The van der Waals surface area contributed by atoms with Gasteiger partial charge in [0.2, 0.25) is 5.75 Å². The highest BCUT2D eigenvalue weighted by Crippen LogP contribution is 2.37. The Morgan fingerprint density at radius 3 is 2.52 bits per heavy atom. The minimum atomic E-state index is -3.82. The molecule has 8 nitrogen and oxygen atoms in total. The van der Waals surface area contributed by atoms with Crippen molar-refractivity contribution in [3.05, 3.63) is 69.1 Å². The maximum atomic E-state index is 11.8. The first-order valence-electron chi connectivity index (χ1n) is 6.95. The van der Waals surface area contributed by atoms with Gasteiger partial charge in [0.1, 0.15) is 16.2 Å². The van der Waals surface area contributed by atoms with Crippen molar-refractivity contribution in [2.75, 3.05) is 6.26 Å². The third-order valence-corrected chi connectivity index (χ3v) is 4.49. The molecule has 25 heavy (non-hydrogen) atoms. The van der Waals surface area contributed by atoms with E-state index in [1.807, 2.05) is 0 Å². The zero-order chi connectivity index (χ0) is 18.2. The van der Waals surface area contributed by atoms with Gasteiger partial charge in [-0.05, 0) is 30.3 Å². The van der Waals surface area contributed by atoms with Crippen LogP contribution in [0.2, 0.25) is 0 Å². The largest absolute Gasteiger partial charge is 0.450 e. The Morgan fingerprint density at radius 1 is 1.12 bits per heavy atom. The maximum Gasteiger partial charge on any atom is 0.336 e. The summed E-state index contributed by atoms with van der Waals surface area (Å²) in [4.78, 5) is 21.4. The second-order valence-electron chi connectivity index (χ2n) is 5.19. The molecule has 0 saturated carbocycles. The highest BCUT2D eigenvalue weighted by atomic mass is 32.2. The van der Waals surface area contributed by atoms with Crippen molar-refractivity contribution in [2.45, 2.75) is 4.90 Å². The highest BCUT2D eigenvalue weighted by Gasteiger charge is 2.27. The molecule has 0 aliphatic carbocycles. The summed E-state index contributed by atoms with van der Waals surface area (Å²) in [5.41, 5.74) is -0.957. The smallest absolute Gasteiger partial charge is 0.336 e. The van der Waals surface area contributed by atoms with Gasteiger partial charge in [0.25, 0.3) is 0 Å². The first kappa shape index (κ1) is 16.7. The molecule has 2 aromatic carbocycles. The number of sulfone groups is 1. The molecule has 0 radical (unpaired) electrons. The summed E-state index contributed by atoms with van der Waals surface area (Å²) in [5.74, 6) is -0.0684. The lowest BCUT2D eigenvalue weighted by Gasteiger charge is -2.09. The Kier molecular flexibility index (Phi) is 4.01. The van der Waals surface area contributed by atoms with Crippen LogP contribution in [0, 0.1) is 10.1 Å². The molecule has 3 aromatic rings. The van der Waals surface area contributed by atoms with Gasteiger partial charge < -0.3 is 9.15 Å². The Bertz CT molecular complexity index is 1150. The van der Waals surface area contributed by atoms with Crippen molar-refractivity contribution in [3.63, 3.8) is 0 Å². The van der Waals surface area contributed by atoms with E-state index < -0.39 is 31.0 Å². The molecule has 0 N–H and O–H groups in total. The first-order chi connectivity index (χ1) is 11.8. The van der Waals surface area contributed by atoms with E-state index in [0.717, 1.165) is 12.3 Å². The molecule has 1 aromatic heterocycles. The van der Waals surface area contributed by atoms with E-state index in [-0.39, 0.29) is 17.1 Å². The minimum absolute atomic E-state index is 0.163. The van der Waals surface area contributed by atoms with Crippen LogP contribution in [0.15, 0.2) is 62.6 Å². The molecule has 0 aliphatic rings. The van der Waals surface area contributed by atoms with Crippen LogP contribution in [0.25, 0.3) is 11.0 Å². The molecule has 0 fully saturated rings. The number of nitrogens with zero attached hydrogens (tertiary/aromatic N) is 1. The lowest BCUT2D eigenvalue weighted by molar-refractivity contribution is -0.388. The molecule has 0 aliphatic heterocycles. The Morgan fingerprint density at radius 2 is 1.84 bits per heavy atom. The predicted octanol–water partition coefficient (Wildman–Crippen LogP) is 2.90. The Labute approximate surface area is 141 Å². The number of fused-ring (bicyclic) bond motifs is 1. The highest BCUT2D eigenvalue weighted by molar-refractivity contribution is 7.90. The molecule has 0 saturated heterocycles. The van der Waals surface area contributed by atoms with E-state index in [0.29, 0.717) is 5.39 Å². The predicted molar refractivity (Wildman–Crippen MR) is 88.8 cm³/mol. The molecule has 9 heteroatoms. The topological polar surface area (TPSA) is 117 Å². The summed E-state index contributed by atoms with van der Waals surface area (Å²) in [5, 5.41) is 12.0. The molecule has 128 valence electrons. The zero-order valence-corrected chi connectivity index (χ0v) is 13.6. The summed E-state index contributed by atoms with van der Waals surface area (Å²) < 4.78 is 34.0. The van der Waals surface area contributed by atoms with Gasteiger partial charge in [-0.1, -0.05) is 6.07 Å². The van der Waals surface area contributed by atoms with Crippen molar-refractivity contribution in [1.29, 1.82) is 0 Å². The standard InChI is InChI=1S/C16H11NO7S/c1-25(21,22)14-4-2-3-12(16(14)17(19)20)23-11-7-5-10-6-8-15(18)24-13(10)9-11/h2-9H,1H3. The van der Waals surface area contributed by atoms with Crippen LogP contribution in [0.1, 0.15) is 0 Å². The fourth-order valence-corrected chi connectivity index (χ4v) is 3.15. The zero-order valence-electron chi connectivity index (χ0n) is 12.8. The quantitative estimate of drug-likeness (QED) is 0.398. The number of rotatable bonds is 4. The van der Waals surface area contributed by atoms with Gasteiger partial charge in [0.05, 0.1) is 4.92 Å². The van der Waals surface area contributed by atoms with Gasteiger partial charge in [-0.25, -0.2) is 13.2 Å². The average molecular weight is 361 g/mol. The Balaban J connectivity index is 2.12. The van der Waals surface area contributed by atoms with E-state index in [2.05, 4.69) is 0 Å².